The summed E-state index contributed by atoms with van der Waals surface area (Å²) in [6.45, 7) is 0.949. The van der Waals surface area contributed by atoms with E-state index in [2.05, 4.69) is 4.98 Å². The van der Waals surface area contributed by atoms with E-state index in [-0.39, 0.29) is 47.8 Å². The number of rotatable bonds is 10. The molecular formula is C25H31Cl2N3O5. The van der Waals surface area contributed by atoms with Crippen LogP contribution in [-0.2, 0) is 13.0 Å². The third-order valence-electron chi connectivity index (χ3n) is 5.07. The molecule has 2 aromatic carbocycles. The monoisotopic (exact) mass is 523 g/mol. The average molecular weight is 524 g/mol. The van der Waals surface area contributed by atoms with E-state index in [0.29, 0.717) is 30.3 Å². The number of carbonyl (C=O) groups excluding carboxylic acids is 1. The minimum Gasteiger partial charge on any atom is -0.492 e. The van der Waals surface area contributed by atoms with Gasteiger partial charge in [0.1, 0.15) is 5.75 Å². The van der Waals surface area contributed by atoms with E-state index >= 15 is 0 Å². The molecule has 2 N–H and O–H groups in total. The number of pyridine rings is 1. The first-order valence-corrected chi connectivity index (χ1v) is 10.5. The van der Waals surface area contributed by atoms with Crippen LogP contribution in [0.4, 0.5) is 0 Å². The number of nitrogens with zero attached hydrogens (tertiary/aromatic N) is 2. The van der Waals surface area contributed by atoms with E-state index in [0.717, 1.165) is 17.5 Å². The van der Waals surface area contributed by atoms with Crippen LogP contribution in [0.2, 0.25) is 0 Å². The van der Waals surface area contributed by atoms with Crippen molar-refractivity contribution in [2.75, 3.05) is 34.9 Å². The molecule has 10 heteroatoms. The van der Waals surface area contributed by atoms with Gasteiger partial charge in [-0.15, -0.1) is 24.8 Å². The fourth-order valence-electron chi connectivity index (χ4n) is 3.48. The Morgan fingerprint density at radius 3 is 2.14 bits per heavy atom. The van der Waals surface area contributed by atoms with Gasteiger partial charge in [0.05, 0.1) is 26.9 Å². The van der Waals surface area contributed by atoms with Gasteiger partial charge in [-0.05, 0) is 42.3 Å². The number of benzene rings is 2. The molecule has 190 valence electrons. The van der Waals surface area contributed by atoms with Crippen LogP contribution in [0.1, 0.15) is 21.5 Å². The van der Waals surface area contributed by atoms with Gasteiger partial charge in [-0.1, -0.05) is 18.2 Å². The maximum atomic E-state index is 13.4. The van der Waals surface area contributed by atoms with Gasteiger partial charge in [0.2, 0.25) is 11.5 Å². The molecule has 3 aromatic rings. The average Bonchev–Trinajstić information content (AvgIpc) is 2.84. The lowest BCUT2D eigenvalue weighted by molar-refractivity contribution is 0.0780. The van der Waals surface area contributed by atoms with Gasteiger partial charge in [0, 0.05) is 32.1 Å². The maximum Gasteiger partial charge on any atom is 0.257 e. The predicted octanol–water partition coefficient (Wildman–Crippen LogP) is 4.52. The number of nitrogens with two attached hydrogens (primary N) is 1. The van der Waals surface area contributed by atoms with Crippen molar-refractivity contribution in [1.29, 1.82) is 0 Å². The molecule has 0 unspecified atom stereocenters. The molecule has 0 fully saturated rings. The first kappa shape index (κ1) is 29.8. The third-order valence-corrected chi connectivity index (χ3v) is 5.07. The highest BCUT2D eigenvalue weighted by Gasteiger charge is 2.27. The normalized spacial score (nSPS) is 9.86. The van der Waals surface area contributed by atoms with E-state index in [4.69, 9.17) is 24.7 Å². The van der Waals surface area contributed by atoms with E-state index in [1.54, 1.807) is 30.4 Å². The number of hydrogen-bond donors (Lipinski definition) is 1. The molecule has 8 nitrogen and oxygen atoms in total. The number of halogens is 2. The summed E-state index contributed by atoms with van der Waals surface area (Å²) in [4.78, 5) is 19.1. The van der Waals surface area contributed by atoms with E-state index < -0.39 is 0 Å². The molecule has 35 heavy (non-hydrogen) atoms. The SMILES string of the molecule is COc1c(Oc2ccc(CCN)cc2)cc(C(=O)N(C)Cc2cccnc2)c(OC)c1OC.Cl.Cl. The summed E-state index contributed by atoms with van der Waals surface area (Å²) in [5, 5.41) is 0. The summed E-state index contributed by atoms with van der Waals surface area (Å²) in [6, 6.07) is 12.9. The number of methoxy groups -OCH3 is 3. The summed E-state index contributed by atoms with van der Waals surface area (Å²) >= 11 is 0. The number of amides is 1. The Hall–Kier alpha value is -3.20. The van der Waals surface area contributed by atoms with Crippen molar-refractivity contribution >= 4 is 30.7 Å². The van der Waals surface area contributed by atoms with E-state index in [9.17, 15) is 4.79 Å². The lowest BCUT2D eigenvalue weighted by atomic mass is 10.1. The number of aromatic nitrogens is 1. The number of carbonyl (C=O) groups is 1. The highest BCUT2D eigenvalue weighted by Crippen LogP contribution is 2.48. The fourth-order valence-corrected chi connectivity index (χ4v) is 3.48. The second-order valence-electron chi connectivity index (χ2n) is 7.33. The van der Waals surface area contributed by atoms with Crippen LogP contribution in [0.5, 0.6) is 28.7 Å². The van der Waals surface area contributed by atoms with Gasteiger partial charge in [0.25, 0.3) is 5.91 Å². The minimum absolute atomic E-state index is 0. The van der Waals surface area contributed by atoms with Gasteiger partial charge in [-0.2, -0.15) is 0 Å². The Kier molecular flexibility index (Phi) is 12.2. The van der Waals surface area contributed by atoms with Crippen molar-refractivity contribution in [3.05, 3.63) is 71.5 Å². The first-order valence-electron chi connectivity index (χ1n) is 10.5. The summed E-state index contributed by atoms with van der Waals surface area (Å²) in [5.74, 6) is 1.52. The fraction of sp³-hybridized carbons (Fsp3) is 0.280. The maximum absolute atomic E-state index is 13.4. The third kappa shape index (κ3) is 7.14. The lowest BCUT2D eigenvalue weighted by Crippen LogP contribution is -2.27. The highest BCUT2D eigenvalue weighted by molar-refractivity contribution is 5.99. The standard InChI is InChI=1S/C25H29N3O5.2ClH/c1-28(16-18-6-5-13-27-15-18)25(29)20-14-21(23(31-3)24(32-4)22(20)30-2)33-19-9-7-17(8-10-19)11-12-26;;/h5-10,13-15H,11-12,16,26H2,1-4H3;2*1H. The van der Waals surface area contributed by atoms with Crippen molar-refractivity contribution in [3.8, 4) is 28.7 Å². The summed E-state index contributed by atoms with van der Waals surface area (Å²) in [7, 11) is 6.18. The largest absolute Gasteiger partial charge is 0.492 e. The molecule has 0 spiro atoms. The molecule has 0 aliphatic heterocycles. The smallest absolute Gasteiger partial charge is 0.257 e. The molecule has 0 bridgehead atoms. The predicted molar refractivity (Wildman–Crippen MR) is 140 cm³/mol. The molecule has 0 aliphatic carbocycles. The molecule has 0 atom stereocenters. The van der Waals surface area contributed by atoms with Crippen LogP contribution >= 0.6 is 24.8 Å². The quantitative estimate of drug-likeness (QED) is 0.417. The van der Waals surface area contributed by atoms with Crippen LogP contribution in [0.3, 0.4) is 0 Å². The molecule has 1 heterocycles. The zero-order valence-electron chi connectivity index (χ0n) is 20.1. The number of hydrogen-bond acceptors (Lipinski definition) is 7. The second-order valence-corrected chi connectivity index (χ2v) is 7.33. The van der Waals surface area contributed by atoms with Gasteiger partial charge in [-0.25, -0.2) is 0 Å². The molecule has 0 radical (unpaired) electrons. The molecular weight excluding hydrogens is 493 g/mol. The van der Waals surface area contributed by atoms with Crippen molar-refractivity contribution in [3.63, 3.8) is 0 Å². The van der Waals surface area contributed by atoms with Crippen LogP contribution in [0, 0.1) is 0 Å². The molecule has 0 saturated heterocycles. The highest BCUT2D eigenvalue weighted by atomic mass is 35.5. The Bertz CT molecular complexity index is 1080. The molecule has 3 rings (SSSR count). The Morgan fingerprint density at radius 2 is 1.60 bits per heavy atom. The van der Waals surface area contributed by atoms with Gasteiger partial charge in [0.15, 0.2) is 11.5 Å². The second kappa shape index (κ2) is 14.3. The zero-order chi connectivity index (χ0) is 23.8. The van der Waals surface area contributed by atoms with Gasteiger partial charge >= 0.3 is 0 Å². The van der Waals surface area contributed by atoms with Crippen molar-refractivity contribution in [1.82, 2.24) is 9.88 Å². The first-order chi connectivity index (χ1) is 16.0. The van der Waals surface area contributed by atoms with E-state index in [1.165, 1.54) is 21.3 Å². The summed E-state index contributed by atoms with van der Waals surface area (Å²) in [5.41, 5.74) is 7.93. The van der Waals surface area contributed by atoms with Crippen LogP contribution in [0.15, 0.2) is 54.9 Å². The van der Waals surface area contributed by atoms with Crippen LogP contribution in [-0.4, -0.2) is 50.7 Å². The van der Waals surface area contributed by atoms with Crippen molar-refractivity contribution < 1.29 is 23.7 Å². The van der Waals surface area contributed by atoms with Crippen molar-refractivity contribution in [2.45, 2.75) is 13.0 Å². The molecule has 0 aliphatic rings. The Labute approximate surface area is 218 Å². The summed E-state index contributed by atoms with van der Waals surface area (Å²) in [6.07, 6.45) is 4.19. The lowest BCUT2D eigenvalue weighted by Gasteiger charge is -2.22. The topological polar surface area (TPSA) is 96.1 Å². The van der Waals surface area contributed by atoms with Crippen molar-refractivity contribution in [2.24, 2.45) is 5.73 Å². The Balaban J connectivity index is 0.00000306. The zero-order valence-corrected chi connectivity index (χ0v) is 21.8. The molecule has 1 amide bonds. The van der Waals surface area contributed by atoms with Crippen LogP contribution < -0.4 is 24.7 Å². The summed E-state index contributed by atoms with van der Waals surface area (Å²) < 4.78 is 22.7. The van der Waals surface area contributed by atoms with Gasteiger partial charge in [-0.3, -0.25) is 9.78 Å². The van der Waals surface area contributed by atoms with Crippen LogP contribution in [0.25, 0.3) is 0 Å². The molecule has 1 aromatic heterocycles. The Morgan fingerprint density at radius 1 is 0.943 bits per heavy atom. The molecule has 0 saturated carbocycles. The number of ether oxygens (including phenoxy) is 4. The van der Waals surface area contributed by atoms with E-state index in [1.807, 2.05) is 36.4 Å². The van der Waals surface area contributed by atoms with Gasteiger partial charge < -0.3 is 29.6 Å². The minimum atomic E-state index is -0.264.